The number of thioether (sulfide) groups is 1. The summed E-state index contributed by atoms with van der Waals surface area (Å²) in [5.74, 6) is 0.595. The van der Waals surface area contributed by atoms with Gasteiger partial charge in [0.2, 0.25) is 0 Å². The van der Waals surface area contributed by atoms with Gasteiger partial charge < -0.3 is 5.11 Å². The van der Waals surface area contributed by atoms with Gasteiger partial charge in [-0.25, -0.2) is 4.98 Å². The van der Waals surface area contributed by atoms with Gasteiger partial charge in [0.25, 0.3) is 0 Å². The second-order valence-corrected chi connectivity index (χ2v) is 8.58. The van der Waals surface area contributed by atoms with Gasteiger partial charge in [-0.05, 0) is 35.5 Å². The zero-order chi connectivity index (χ0) is 13.6. The molecule has 0 radical (unpaired) electrons. The third-order valence-corrected chi connectivity index (χ3v) is 7.07. The Labute approximate surface area is 123 Å². The number of thiazole rings is 1. The number of aliphatic hydroxyl groups is 1. The van der Waals surface area contributed by atoms with E-state index in [0.717, 1.165) is 5.69 Å². The fraction of sp³-hybridized carbons (Fsp3) is 0.667. The van der Waals surface area contributed by atoms with Crippen LogP contribution in [0, 0.1) is 11.3 Å². The fourth-order valence-corrected chi connectivity index (χ4v) is 5.75. The summed E-state index contributed by atoms with van der Waals surface area (Å²) in [6, 6.07) is 0. The largest absolute Gasteiger partial charge is 0.390 e. The molecule has 19 heavy (non-hydrogen) atoms. The molecular weight excluding hydrogens is 274 g/mol. The van der Waals surface area contributed by atoms with Crippen molar-refractivity contribution in [2.45, 2.75) is 51.9 Å². The smallest absolute Gasteiger partial charge is 0.107 e. The Morgan fingerprint density at radius 1 is 1.47 bits per heavy atom. The van der Waals surface area contributed by atoms with Gasteiger partial charge in [-0.1, -0.05) is 26.3 Å². The van der Waals surface area contributed by atoms with Gasteiger partial charge in [-0.3, -0.25) is 0 Å². The molecule has 0 spiro atoms. The Morgan fingerprint density at radius 3 is 2.95 bits per heavy atom. The quantitative estimate of drug-likeness (QED) is 0.870. The first-order valence-corrected chi connectivity index (χ1v) is 8.70. The highest BCUT2D eigenvalue weighted by Crippen LogP contribution is 2.58. The van der Waals surface area contributed by atoms with Crippen molar-refractivity contribution >= 4 is 23.1 Å². The van der Waals surface area contributed by atoms with Crippen molar-refractivity contribution < 1.29 is 5.11 Å². The van der Waals surface area contributed by atoms with Gasteiger partial charge in [0.15, 0.2) is 0 Å². The maximum Gasteiger partial charge on any atom is 0.107 e. The van der Waals surface area contributed by atoms with Crippen LogP contribution in [0.3, 0.4) is 0 Å². The van der Waals surface area contributed by atoms with Gasteiger partial charge >= 0.3 is 0 Å². The van der Waals surface area contributed by atoms with Crippen LogP contribution in [0.1, 0.15) is 56.0 Å². The summed E-state index contributed by atoms with van der Waals surface area (Å²) in [6.45, 7) is 7.17. The molecule has 4 heteroatoms. The lowest BCUT2D eigenvalue weighted by Crippen LogP contribution is -2.18. The number of aromatic nitrogens is 1. The number of hydrogen-bond donors (Lipinski definition) is 1. The van der Waals surface area contributed by atoms with Crippen molar-refractivity contribution in [3.63, 3.8) is 0 Å². The summed E-state index contributed by atoms with van der Waals surface area (Å²) in [6.07, 6.45) is 3.79. The van der Waals surface area contributed by atoms with Crippen LogP contribution in [-0.2, 0) is 6.61 Å². The van der Waals surface area contributed by atoms with E-state index in [9.17, 15) is 0 Å². The lowest BCUT2D eigenvalue weighted by molar-refractivity contribution is 0.277. The fourth-order valence-electron chi connectivity index (χ4n) is 3.09. The minimum absolute atomic E-state index is 0.0580. The van der Waals surface area contributed by atoms with Crippen molar-refractivity contribution in [2.24, 2.45) is 11.3 Å². The number of allylic oxidation sites excluding steroid dienone is 2. The lowest BCUT2D eigenvalue weighted by Gasteiger charge is -2.31. The topological polar surface area (TPSA) is 33.1 Å². The third-order valence-electron chi connectivity index (χ3n) is 4.30. The first-order valence-electron chi connectivity index (χ1n) is 6.94. The Morgan fingerprint density at radius 2 is 2.26 bits per heavy atom. The molecule has 2 aliphatic rings. The number of nitrogens with zero attached hydrogens (tertiary/aromatic N) is 1. The highest BCUT2D eigenvalue weighted by atomic mass is 32.2. The van der Waals surface area contributed by atoms with Crippen molar-refractivity contribution in [3.05, 3.63) is 26.6 Å². The molecule has 3 rings (SSSR count). The average Bonchev–Trinajstić information content (AvgIpc) is 2.94. The summed E-state index contributed by atoms with van der Waals surface area (Å²) in [7, 11) is 0. The van der Waals surface area contributed by atoms with E-state index in [4.69, 9.17) is 5.11 Å². The van der Waals surface area contributed by atoms with Gasteiger partial charge in [0.05, 0.1) is 17.6 Å². The van der Waals surface area contributed by atoms with E-state index in [1.54, 1.807) is 21.8 Å². The minimum atomic E-state index is 0.0580. The van der Waals surface area contributed by atoms with Crippen LogP contribution in [0.2, 0.25) is 0 Å². The minimum Gasteiger partial charge on any atom is -0.390 e. The molecule has 1 N–H and O–H groups in total. The van der Waals surface area contributed by atoms with E-state index in [-0.39, 0.29) is 6.61 Å². The predicted octanol–water partition coefficient (Wildman–Crippen LogP) is 4.52. The molecule has 1 aliphatic carbocycles. The van der Waals surface area contributed by atoms with Gasteiger partial charge in [0.1, 0.15) is 5.01 Å². The highest BCUT2D eigenvalue weighted by molar-refractivity contribution is 8.03. The van der Waals surface area contributed by atoms with Crippen molar-refractivity contribution in [1.82, 2.24) is 4.98 Å². The van der Waals surface area contributed by atoms with E-state index in [1.165, 1.54) is 24.3 Å². The van der Waals surface area contributed by atoms with Crippen molar-refractivity contribution in [3.8, 4) is 0 Å². The molecular formula is C15H21NOS2. The highest BCUT2D eigenvalue weighted by Gasteiger charge is 2.40. The first-order chi connectivity index (χ1) is 9.00. The van der Waals surface area contributed by atoms with E-state index in [1.807, 2.05) is 17.1 Å². The summed E-state index contributed by atoms with van der Waals surface area (Å²) in [5, 5.41) is 12.8. The summed E-state index contributed by atoms with van der Waals surface area (Å²) in [5.41, 5.74) is 2.95. The zero-order valence-electron chi connectivity index (χ0n) is 11.8. The van der Waals surface area contributed by atoms with E-state index >= 15 is 0 Å². The molecule has 1 aliphatic heterocycles. The predicted molar refractivity (Wildman–Crippen MR) is 82.2 cm³/mol. The molecule has 2 heterocycles. The van der Waals surface area contributed by atoms with Crippen LogP contribution in [0.15, 0.2) is 15.9 Å². The van der Waals surface area contributed by atoms with E-state index < -0.39 is 0 Å². The summed E-state index contributed by atoms with van der Waals surface area (Å²) >= 11 is 3.73. The number of rotatable bonds is 2. The molecule has 1 aromatic rings. The molecule has 2 atom stereocenters. The molecule has 2 unspecified atom stereocenters. The third kappa shape index (κ3) is 2.50. The second kappa shape index (κ2) is 4.90. The lowest BCUT2D eigenvalue weighted by atomic mass is 9.74. The number of hydrogen-bond acceptors (Lipinski definition) is 4. The molecule has 0 saturated carbocycles. The Hall–Kier alpha value is -0.320. The van der Waals surface area contributed by atoms with Crippen LogP contribution >= 0.6 is 23.1 Å². The average molecular weight is 295 g/mol. The molecule has 0 saturated heterocycles. The van der Waals surface area contributed by atoms with E-state index in [0.29, 0.717) is 16.6 Å². The summed E-state index contributed by atoms with van der Waals surface area (Å²) in [4.78, 5) is 6.20. The maximum atomic E-state index is 9.16. The molecule has 104 valence electrons. The molecule has 0 amide bonds. The van der Waals surface area contributed by atoms with Crippen LogP contribution < -0.4 is 0 Å². The second-order valence-electron chi connectivity index (χ2n) is 6.45. The van der Waals surface area contributed by atoms with Crippen LogP contribution in [0.25, 0.3) is 0 Å². The molecule has 2 nitrogen and oxygen atoms in total. The SMILES string of the molecule is CC1C2=C(CCC(C)(C)C2)SC1c1nc(CO)cs1. The zero-order valence-corrected chi connectivity index (χ0v) is 13.4. The van der Waals surface area contributed by atoms with Gasteiger partial charge in [0, 0.05) is 5.38 Å². The Balaban J connectivity index is 1.82. The molecule has 1 aromatic heterocycles. The van der Waals surface area contributed by atoms with Gasteiger partial charge in [-0.15, -0.1) is 23.1 Å². The van der Waals surface area contributed by atoms with E-state index in [2.05, 4.69) is 25.8 Å². The van der Waals surface area contributed by atoms with Crippen LogP contribution in [-0.4, -0.2) is 10.1 Å². The molecule has 0 fully saturated rings. The van der Waals surface area contributed by atoms with Crippen molar-refractivity contribution in [2.75, 3.05) is 0 Å². The van der Waals surface area contributed by atoms with Crippen molar-refractivity contribution in [1.29, 1.82) is 0 Å². The Bertz CT molecular complexity index is 518. The monoisotopic (exact) mass is 295 g/mol. The molecule has 0 bridgehead atoms. The van der Waals surface area contributed by atoms with Gasteiger partial charge in [-0.2, -0.15) is 0 Å². The summed E-state index contributed by atoms with van der Waals surface area (Å²) < 4.78 is 0. The number of aliphatic hydroxyl groups excluding tert-OH is 1. The maximum absolute atomic E-state index is 9.16. The standard InChI is InChI=1S/C15H21NOS2/c1-9-11-6-15(2,3)5-4-12(11)19-13(9)14-16-10(7-17)8-18-14/h8-9,13,17H,4-7H2,1-3H3. The molecule has 0 aromatic carbocycles. The van der Waals surface area contributed by atoms with Crippen LogP contribution in [0.5, 0.6) is 0 Å². The first kappa shape index (κ1) is 13.7. The normalized spacial score (nSPS) is 29.7. The Kier molecular flexibility index (Phi) is 3.52. The van der Waals surface area contributed by atoms with Crippen LogP contribution in [0.4, 0.5) is 0 Å².